The van der Waals surface area contributed by atoms with Gasteiger partial charge >= 0.3 is 0 Å². The van der Waals surface area contributed by atoms with Gasteiger partial charge in [-0.2, -0.15) is 0 Å². The molecular formula is C96H98F6N4O4+4. The lowest BCUT2D eigenvalue weighted by atomic mass is 9.93. The molecule has 0 N–H and O–H groups in total. The van der Waals surface area contributed by atoms with E-state index < -0.39 is 23.3 Å². The van der Waals surface area contributed by atoms with Gasteiger partial charge in [0.25, 0.3) is 0 Å². The molecule has 8 aromatic heterocycles. The molecule has 0 bridgehead atoms. The van der Waals surface area contributed by atoms with Crippen molar-refractivity contribution in [3.8, 4) is 45.0 Å². The number of hydrogen-bond acceptors (Lipinski definition) is 4. The Kier molecular flexibility index (Phi) is 20.7. The van der Waals surface area contributed by atoms with Crippen LogP contribution in [0.25, 0.3) is 133 Å². The molecule has 14 heteroatoms. The monoisotopic (exact) mass is 1480 g/mol. The highest BCUT2D eigenvalue weighted by atomic mass is 19.2. The predicted octanol–water partition coefficient (Wildman–Crippen LogP) is 25.3. The molecule has 16 rings (SSSR count). The first kappa shape index (κ1) is 77.3. The Morgan fingerprint density at radius 2 is 0.618 bits per heavy atom. The van der Waals surface area contributed by atoms with Crippen LogP contribution < -0.4 is 18.3 Å². The minimum Gasteiger partial charge on any atom is -0.455 e. The van der Waals surface area contributed by atoms with Crippen molar-refractivity contribution < 1.29 is 62.3 Å². The van der Waals surface area contributed by atoms with E-state index in [0.717, 1.165) is 117 Å². The van der Waals surface area contributed by atoms with Crippen molar-refractivity contribution in [2.24, 2.45) is 28.2 Å². The third-order valence-electron chi connectivity index (χ3n) is 22.3. The van der Waals surface area contributed by atoms with Crippen LogP contribution in [0.4, 0.5) is 26.3 Å². The van der Waals surface area contributed by atoms with Gasteiger partial charge < -0.3 is 17.7 Å². The van der Waals surface area contributed by atoms with E-state index in [2.05, 4.69) is 203 Å². The molecule has 0 amide bonds. The molecule has 0 saturated heterocycles. The average molecular weight is 1490 g/mol. The molecule has 0 saturated carbocycles. The summed E-state index contributed by atoms with van der Waals surface area (Å²) in [5.74, 6) is -1.24. The van der Waals surface area contributed by atoms with E-state index in [-0.39, 0.29) is 28.4 Å². The zero-order valence-electron chi connectivity index (χ0n) is 67.7. The highest BCUT2D eigenvalue weighted by Crippen LogP contribution is 2.45. The molecule has 0 atom stereocenters. The maximum absolute atomic E-state index is 14.9. The highest BCUT2D eigenvalue weighted by Gasteiger charge is 2.31. The molecule has 0 aliphatic rings. The van der Waals surface area contributed by atoms with Gasteiger partial charge in [0.2, 0.25) is 22.8 Å². The Morgan fingerprint density at radius 1 is 0.264 bits per heavy atom. The Bertz CT molecular complexity index is 6450. The van der Waals surface area contributed by atoms with Crippen LogP contribution in [0.1, 0.15) is 168 Å². The summed E-state index contributed by atoms with van der Waals surface area (Å²) in [6.07, 6.45) is 8.57. The summed E-state index contributed by atoms with van der Waals surface area (Å²) in [7, 11) is 8.13. The number of aryl methyl sites for hydroxylation is 15. The lowest BCUT2D eigenvalue weighted by Gasteiger charge is -2.13. The largest absolute Gasteiger partial charge is 0.455 e. The molecule has 8 nitrogen and oxygen atoms in total. The van der Waals surface area contributed by atoms with Gasteiger partial charge in [-0.05, 0) is 181 Å². The number of pyridine rings is 4. The molecule has 0 spiro atoms. The van der Waals surface area contributed by atoms with Crippen molar-refractivity contribution in [3.63, 3.8) is 0 Å². The number of benzene rings is 8. The van der Waals surface area contributed by atoms with Crippen LogP contribution in [0.2, 0.25) is 0 Å². The molecule has 564 valence electrons. The van der Waals surface area contributed by atoms with Gasteiger partial charge in [0.05, 0.1) is 33.0 Å². The standard InChI is InChI=1S/2C24H24F2NO.2C24H25FNO/c1-12(2)17-9-20(27(6)11-14(17)4)21-13(3)7-8-16-22-19(26)10-18(25)15(5)23(22)28-24(16)21;1-12(2)17-9-19(27(6)11-14(17)4)21-13(3)7-8-16-22-20(28-24(16)21)10-18(25)15(5)23(22)26;1-13(2)19-11-20(26(6)12-16(19)5)23-15(4)9-14(3)22-18-8-7-17(25)10-21(18)27-24(22)23;1-13(2)19-11-20(26(6)12-16(19)5)23-14(3)7-8-18-22-15(4)9-17(25)10-21(22)27-24(18)23/h2*7-12H,1-6H3;2*7-13H,1-6H3/q4*+1. The second-order valence-corrected chi connectivity index (χ2v) is 31.7. The molecule has 0 unspecified atom stereocenters. The highest BCUT2D eigenvalue weighted by molar-refractivity contribution is 6.14. The van der Waals surface area contributed by atoms with E-state index in [0.29, 0.717) is 73.1 Å². The lowest BCUT2D eigenvalue weighted by molar-refractivity contribution is -0.660. The van der Waals surface area contributed by atoms with Crippen molar-refractivity contribution in [1.82, 2.24) is 0 Å². The van der Waals surface area contributed by atoms with E-state index >= 15 is 0 Å². The molecule has 0 radical (unpaired) electrons. The van der Waals surface area contributed by atoms with E-state index in [1.165, 1.54) is 75.7 Å². The number of rotatable bonds is 8. The van der Waals surface area contributed by atoms with Crippen molar-refractivity contribution in [2.75, 3.05) is 0 Å². The summed E-state index contributed by atoms with van der Waals surface area (Å²) >= 11 is 0. The van der Waals surface area contributed by atoms with Crippen LogP contribution in [0.3, 0.4) is 0 Å². The number of fused-ring (bicyclic) bond motifs is 12. The number of nitrogens with zero attached hydrogens (tertiary/aromatic N) is 4. The van der Waals surface area contributed by atoms with Gasteiger partial charge in [-0.25, -0.2) is 44.6 Å². The van der Waals surface area contributed by atoms with E-state index in [1.54, 1.807) is 13.0 Å². The Labute approximate surface area is 639 Å². The molecular weight excluding hydrogens is 1390 g/mol. The SMILES string of the molecule is Cc1c[n+](C)c(-c2c(C)cc(C)c3c2oc2cc(F)ccc23)cc1C(C)C.Cc1c[n+](C)c(-c2c(C)ccc3c2oc2c(C)c(F)cc(F)c23)cc1C(C)C.Cc1c[n+](C)c(-c2c(C)ccc3c2oc2cc(F)c(C)c(F)c23)cc1C(C)C.Cc1c[n+](C)c(-c2c(C)ccc3c2oc2cc(F)cc(C)c23)cc1C(C)C. The normalized spacial score (nSPS) is 11.9. The van der Waals surface area contributed by atoms with E-state index in [9.17, 15) is 26.3 Å². The number of furan rings is 4. The molecule has 16 aromatic rings. The maximum Gasteiger partial charge on any atom is 0.216 e. The third kappa shape index (κ3) is 13.6. The Balaban J connectivity index is 0.000000129. The first-order chi connectivity index (χ1) is 52.0. The van der Waals surface area contributed by atoms with Crippen LogP contribution in [0, 0.1) is 118 Å². The number of aromatic nitrogens is 4. The summed E-state index contributed by atoms with van der Waals surface area (Å²) in [6.45, 7) is 41.4. The first-order valence-corrected chi connectivity index (χ1v) is 37.8. The lowest BCUT2D eigenvalue weighted by Crippen LogP contribution is -2.32. The van der Waals surface area contributed by atoms with Gasteiger partial charge in [0.15, 0.2) is 24.8 Å². The molecule has 8 aromatic carbocycles. The molecule has 0 aliphatic carbocycles. The number of hydrogen-bond donors (Lipinski definition) is 0. The molecule has 8 heterocycles. The van der Waals surface area contributed by atoms with E-state index in [4.69, 9.17) is 17.7 Å². The summed E-state index contributed by atoms with van der Waals surface area (Å²) in [6, 6.07) is 33.0. The average Bonchev–Trinajstić information content (AvgIpc) is 1.59. The zero-order chi connectivity index (χ0) is 79.6. The fraction of sp³-hybridized carbons (Fsp3) is 0.292. The minimum atomic E-state index is -0.595. The number of halogens is 6. The van der Waals surface area contributed by atoms with Crippen molar-refractivity contribution in [2.45, 2.75) is 162 Å². The van der Waals surface area contributed by atoms with Crippen LogP contribution in [-0.2, 0) is 28.2 Å². The van der Waals surface area contributed by atoms with Gasteiger partial charge in [0.1, 0.15) is 108 Å². The second-order valence-electron chi connectivity index (χ2n) is 31.7. The van der Waals surface area contributed by atoms with Crippen molar-refractivity contribution >= 4 is 87.8 Å². The third-order valence-corrected chi connectivity index (χ3v) is 22.3. The zero-order valence-corrected chi connectivity index (χ0v) is 67.7. The Morgan fingerprint density at radius 3 is 1.05 bits per heavy atom. The summed E-state index contributed by atoms with van der Waals surface area (Å²) in [5.41, 5.74) is 29.7. The quantitative estimate of drug-likeness (QED) is 0.112. The second kappa shape index (κ2) is 29.5. The van der Waals surface area contributed by atoms with Crippen LogP contribution in [0.5, 0.6) is 0 Å². The van der Waals surface area contributed by atoms with Crippen LogP contribution in [0.15, 0.2) is 152 Å². The fourth-order valence-corrected chi connectivity index (χ4v) is 16.7. The van der Waals surface area contributed by atoms with Crippen LogP contribution >= 0.6 is 0 Å². The molecule has 0 aliphatic heterocycles. The fourth-order valence-electron chi connectivity index (χ4n) is 16.7. The molecule has 110 heavy (non-hydrogen) atoms. The van der Waals surface area contributed by atoms with Crippen LogP contribution in [-0.4, -0.2) is 0 Å². The van der Waals surface area contributed by atoms with Crippen molar-refractivity contribution in [1.29, 1.82) is 0 Å². The summed E-state index contributed by atoms with van der Waals surface area (Å²) < 4.78 is 118. The van der Waals surface area contributed by atoms with Crippen molar-refractivity contribution in [3.05, 3.63) is 258 Å². The minimum absolute atomic E-state index is 0.0142. The smallest absolute Gasteiger partial charge is 0.216 e. The topological polar surface area (TPSA) is 68.1 Å². The Hall–Kier alpha value is -10.9. The van der Waals surface area contributed by atoms with E-state index in [1.807, 2.05) is 65.2 Å². The maximum atomic E-state index is 14.9. The van der Waals surface area contributed by atoms with Gasteiger partial charge in [0, 0.05) is 114 Å². The molecule has 0 fully saturated rings. The predicted molar refractivity (Wildman–Crippen MR) is 434 cm³/mol. The summed E-state index contributed by atoms with van der Waals surface area (Å²) in [5, 5.41) is 6.08. The van der Waals surface area contributed by atoms with Gasteiger partial charge in [-0.15, -0.1) is 0 Å². The summed E-state index contributed by atoms with van der Waals surface area (Å²) in [4.78, 5) is 0. The van der Waals surface area contributed by atoms with Gasteiger partial charge in [-0.1, -0.05) is 97.9 Å². The van der Waals surface area contributed by atoms with Gasteiger partial charge in [-0.3, -0.25) is 0 Å². The first-order valence-electron chi connectivity index (χ1n) is 37.8.